The summed E-state index contributed by atoms with van der Waals surface area (Å²) in [6.45, 7) is 1.96. The van der Waals surface area contributed by atoms with Crippen molar-refractivity contribution in [3.63, 3.8) is 0 Å². The SMILES string of the molecule is CNc1nn2c(C)cc(CN)nc2c1S(=O)(=O)c1ccc(F)cc1. The van der Waals surface area contributed by atoms with E-state index in [2.05, 4.69) is 15.4 Å². The molecule has 0 saturated carbocycles. The maximum Gasteiger partial charge on any atom is 0.214 e. The van der Waals surface area contributed by atoms with E-state index in [-0.39, 0.29) is 27.8 Å². The molecule has 3 N–H and O–H groups in total. The Hall–Kier alpha value is -2.52. The van der Waals surface area contributed by atoms with Gasteiger partial charge in [-0.3, -0.25) is 0 Å². The Bertz CT molecular complexity index is 1010. The lowest BCUT2D eigenvalue weighted by atomic mass is 10.3. The lowest BCUT2D eigenvalue weighted by Crippen LogP contribution is -2.08. The average molecular weight is 349 g/mol. The number of fused-ring (bicyclic) bond motifs is 1. The van der Waals surface area contributed by atoms with E-state index >= 15 is 0 Å². The molecule has 0 amide bonds. The van der Waals surface area contributed by atoms with Crippen molar-refractivity contribution < 1.29 is 12.8 Å². The third-order valence-corrected chi connectivity index (χ3v) is 5.42. The fraction of sp³-hybridized carbons (Fsp3) is 0.200. The number of hydrogen-bond acceptors (Lipinski definition) is 6. The van der Waals surface area contributed by atoms with E-state index in [9.17, 15) is 12.8 Å². The van der Waals surface area contributed by atoms with Gasteiger partial charge in [0.25, 0.3) is 0 Å². The Balaban J connectivity index is 2.35. The van der Waals surface area contributed by atoms with Crippen molar-refractivity contribution in [1.82, 2.24) is 14.6 Å². The third-order valence-electron chi connectivity index (χ3n) is 3.62. The Morgan fingerprint density at radius 2 is 1.96 bits per heavy atom. The van der Waals surface area contributed by atoms with Gasteiger partial charge in [0, 0.05) is 19.3 Å². The molecule has 0 atom stereocenters. The van der Waals surface area contributed by atoms with E-state index in [0.29, 0.717) is 11.4 Å². The molecule has 1 aromatic carbocycles. The monoisotopic (exact) mass is 349 g/mol. The minimum atomic E-state index is -3.94. The van der Waals surface area contributed by atoms with E-state index in [1.807, 2.05) is 0 Å². The third kappa shape index (κ3) is 2.51. The van der Waals surface area contributed by atoms with Crippen molar-refractivity contribution in [2.75, 3.05) is 12.4 Å². The maximum absolute atomic E-state index is 13.1. The van der Waals surface area contributed by atoms with Crippen molar-refractivity contribution in [1.29, 1.82) is 0 Å². The van der Waals surface area contributed by atoms with Crippen LogP contribution in [0.5, 0.6) is 0 Å². The standard InChI is InChI=1S/C15H16FN5O2S/c1-9-7-11(8-17)19-15-13(14(18-2)20-21(9)15)24(22,23)12-5-3-10(16)4-6-12/h3-7H,8,17H2,1-2H3,(H,18,20). The van der Waals surface area contributed by atoms with Crippen LogP contribution in [0.2, 0.25) is 0 Å². The highest BCUT2D eigenvalue weighted by atomic mass is 32.2. The normalized spacial score (nSPS) is 11.8. The van der Waals surface area contributed by atoms with Crippen LogP contribution in [0.1, 0.15) is 11.4 Å². The van der Waals surface area contributed by atoms with Gasteiger partial charge in [-0.1, -0.05) is 0 Å². The summed E-state index contributed by atoms with van der Waals surface area (Å²) in [5.74, 6) is -0.342. The predicted molar refractivity (Wildman–Crippen MR) is 87.0 cm³/mol. The maximum atomic E-state index is 13.1. The molecule has 126 valence electrons. The average Bonchev–Trinajstić information content (AvgIpc) is 2.95. The first-order valence-corrected chi connectivity index (χ1v) is 8.64. The zero-order valence-corrected chi connectivity index (χ0v) is 13.9. The summed E-state index contributed by atoms with van der Waals surface area (Å²) in [7, 11) is -2.37. The fourth-order valence-corrected chi connectivity index (χ4v) is 3.96. The Kier molecular flexibility index (Phi) is 3.98. The van der Waals surface area contributed by atoms with Crippen molar-refractivity contribution >= 4 is 21.3 Å². The van der Waals surface area contributed by atoms with Crippen LogP contribution in [0.25, 0.3) is 5.65 Å². The smallest absolute Gasteiger partial charge is 0.214 e. The molecule has 0 aliphatic heterocycles. The molecule has 9 heteroatoms. The van der Waals surface area contributed by atoms with Crippen molar-refractivity contribution in [2.24, 2.45) is 5.73 Å². The van der Waals surface area contributed by atoms with Crippen LogP contribution >= 0.6 is 0 Å². The molecule has 0 aliphatic rings. The molecule has 0 spiro atoms. The first-order valence-electron chi connectivity index (χ1n) is 7.16. The zero-order valence-electron chi connectivity index (χ0n) is 13.1. The van der Waals surface area contributed by atoms with E-state index in [1.165, 1.54) is 16.6 Å². The zero-order chi connectivity index (χ0) is 17.5. The van der Waals surface area contributed by atoms with E-state index < -0.39 is 15.7 Å². The fourth-order valence-electron chi connectivity index (χ4n) is 2.46. The lowest BCUT2D eigenvalue weighted by molar-refractivity contribution is 0.595. The Labute approximate surface area is 138 Å². The first-order chi connectivity index (χ1) is 11.4. The van der Waals surface area contributed by atoms with Crippen LogP contribution in [-0.4, -0.2) is 30.1 Å². The highest BCUT2D eigenvalue weighted by Crippen LogP contribution is 2.31. The largest absolute Gasteiger partial charge is 0.370 e. The molecule has 0 fully saturated rings. The minimum Gasteiger partial charge on any atom is -0.370 e. The van der Waals surface area contributed by atoms with Gasteiger partial charge < -0.3 is 11.1 Å². The van der Waals surface area contributed by atoms with Crippen molar-refractivity contribution in [3.05, 3.63) is 47.5 Å². The minimum absolute atomic E-state index is 0.0343. The number of nitrogens with zero attached hydrogens (tertiary/aromatic N) is 3. The van der Waals surface area contributed by atoms with Crippen LogP contribution in [-0.2, 0) is 16.4 Å². The molecule has 2 aromatic heterocycles. The van der Waals surface area contributed by atoms with Crippen molar-refractivity contribution in [3.8, 4) is 0 Å². The predicted octanol–water partition coefficient (Wildman–Crippen LogP) is 1.51. The molecule has 0 unspecified atom stereocenters. The number of halogens is 1. The number of anilines is 1. The summed E-state index contributed by atoms with van der Waals surface area (Å²) >= 11 is 0. The summed E-state index contributed by atoms with van der Waals surface area (Å²) in [4.78, 5) is 4.22. The molecule has 0 radical (unpaired) electrons. The van der Waals surface area contributed by atoms with Crippen LogP contribution in [0.4, 0.5) is 10.2 Å². The van der Waals surface area contributed by atoms with Gasteiger partial charge in [0.05, 0.1) is 10.6 Å². The number of aromatic nitrogens is 3. The summed E-state index contributed by atoms with van der Waals surface area (Å²) in [6, 6.07) is 6.37. The van der Waals surface area contributed by atoms with Crippen LogP contribution in [0.3, 0.4) is 0 Å². The summed E-state index contributed by atoms with van der Waals surface area (Å²) in [5.41, 5.74) is 7.08. The van der Waals surface area contributed by atoms with Crippen molar-refractivity contribution in [2.45, 2.75) is 23.3 Å². The summed E-state index contributed by atoms with van der Waals surface area (Å²) < 4.78 is 40.6. The molecule has 24 heavy (non-hydrogen) atoms. The number of sulfone groups is 1. The van der Waals surface area contributed by atoms with Crippen LogP contribution < -0.4 is 11.1 Å². The molecular weight excluding hydrogens is 333 g/mol. The first kappa shape index (κ1) is 16.3. The highest BCUT2D eigenvalue weighted by molar-refractivity contribution is 7.91. The summed E-state index contributed by atoms with van der Waals surface area (Å²) in [6.07, 6.45) is 0. The highest BCUT2D eigenvalue weighted by Gasteiger charge is 2.29. The van der Waals surface area contributed by atoms with Gasteiger partial charge in [0.1, 0.15) is 5.82 Å². The Morgan fingerprint density at radius 3 is 2.54 bits per heavy atom. The Morgan fingerprint density at radius 1 is 1.29 bits per heavy atom. The number of nitrogens with two attached hydrogens (primary N) is 1. The molecule has 0 bridgehead atoms. The number of rotatable bonds is 4. The molecule has 3 rings (SSSR count). The number of aryl methyl sites for hydroxylation is 1. The van der Waals surface area contributed by atoms with Gasteiger partial charge in [-0.2, -0.15) is 0 Å². The quantitative estimate of drug-likeness (QED) is 0.692. The number of hydrogen-bond donors (Lipinski definition) is 2. The van der Waals surface area contributed by atoms with E-state index in [0.717, 1.165) is 12.1 Å². The van der Waals surface area contributed by atoms with Gasteiger partial charge in [-0.25, -0.2) is 22.3 Å². The van der Waals surface area contributed by atoms with Crippen LogP contribution in [0.15, 0.2) is 40.1 Å². The number of nitrogens with one attached hydrogen (secondary N) is 1. The van der Waals surface area contributed by atoms with Crippen LogP contribution in [0, 0.1) is 12.7 Å². The van der Waals surface area contributed by atoms with Gasteiger partial charge in [0.2, 0.25) is 9.84 Å². The lowest BCUT2D eigenvalue weighted by Gasteiger charge is -2.06. The molecule has 2 heterocycles. The van der Waals surface area contributed by atoms with Gasteiger partial charge in [-0.15, -0.1) is 5.10 Å². The summed E-state index contributed by atoms with van der Waals surface area (Å²) in [5, 5.41) is 7.04. The molecule has 7 nitrogen and oxygen atoms in total. The molecule has 3 aromatic rings. The second kappa shape index (κ2) is 5.84. The molecule has 0 saturated heterocycles. The number of benzene rings is 1. The molecule has 0 aliphatic carbocycles. The van der Waals surface area contributed by atoms with Gasteiger partial charge in [-0.05, 0) is 37.3 Å². The van der Waals surface area contributed by atoms with Gasteiger partial charge >= 0.3 is 0 Å². The van der Waals surface area contributed by atoms with E-state index in [4.69, 9.17) is 5.73 Å². The second-order valence-corrected chi connectivity index (χ2v) is 7.10. The molecular formula is C15H16FN5O2S. The topological polar surface area (TPSA) is 102 Å². The van der Waals surface area contributed by atoms with Gasteiger partial charge in [0.15, 0.2) is 16.4 Å². The second-order valence-electron chi connectivity index (χ2n) is 5.21. The van der Waals surface area contributed by atoms with E-state index in [1.54, 1.807) is 20.0 Å².